The molecule has 1 heterocycles. The molecule has 3 aromatic rings. The summed E-state index contributed by atoms with van der Waals surface area (Å²) in [5.41, 5.74) is 2.13. The predicted octanol–water partition coefficient (Wildman–Crippen LogP) is 4.01. The number of hydrogen-bond acceptors (Lipinski definition) is 5. The summed E-state index contributed by atoms with van der Waals surface area (Å²) in [7, 11) is -3.67. The van der Waals surface area contributed by atoms with E-state index in [-0.39, 0.29) is 10.8 Å². The Bertz CT molecular complexity index is 1040. The number of carbonyl (C=O) groups excluding carboxylic acids is 1. The molecule has 8 heteroatoms. The maximum Gasteiger partial charge on any atom is 0.261 e. The molecular formula is C18H19N3O3S2. The van der Waals surface area contributed by atoms with Crippen LogP contribution in [0.2, 0.25) is 0 Å². The van der Waals surface area contributed by atoms with Crippen molar-refractivity contribution in [2.45, 2.75) is 31.6 Å². The molecule has 136 valence electrons. The lowest BCUT2D eigenvalue weighted by atomic mass is 10.2. The molecule has 2 aromatic carbocycles. The average Bonchev–Trinajstić information content (AvgIpc) is 3.02. The molecule has 3 rings (SSSR count). The van der Waals surface area contributed by atoms with Gasteiger partial charge in [0.15, 0.2) is 5.13 Å². The van der Waals surface area contributed by atoms with Gasteiger partial charge >= 0.3 is 0 Å². The molecule has 0 radical (unpaired) electrons. The molecule has 0 unspecified atom stereocenters. The van der Waals surface area contributed by atoms with Gasteiger partial charge in [0, 0.05) is 6.42 Å². The summed E-state index contributed by atoms with van der Waals surface area (Å²) in [5.74, 6) is -0.111. The van der Waals surface area contributed by atoms with Gasteiger partial charge in [0.25, 0.3) is 10.0 Å². The van der Waals surface area contributed by atoms with E-state index < -0.39 is 10.0 Å². The molecule has 0 spiro atoms. The smallest absolute Gasteiger partial charge is 0.261 e. The number of nitrogens with one attached hydrogen (secondary N) is 2. The maximum atomic E-state index is 12.5. The summed E-state index contributed by atoms with van der Waals surface area (Å²) in [6.07, 6.45) is 1.23. The number of thiazole rings is 1. The summed E-state index contributed by atoms with van der Waals surface area (Å²) < 4.78 is 28.5. The first kappa shape index (κ1) is 18.3. The van der Waals surface area contributed by atoms with Gasteiger partial charge in [-0.05, 0) is 42.3 Å². The Balaban J connectivity index is 1.84. The van der Waals surface area contributed by atoms with Crippen molar-refractivity contribution in [1.82, 2.24) is 4.98 Å². The topological polar surface area (TPSA) is 88.2 Å². The standard InChI is InChI=1S/C18H19N3O3S2/c1-3-12-5-8-14(9-6-12)26(23,24)21-13-7-10-16-15(11-13)19-18(25-16)20-17(22)4-2/h5-11,21H,3-4H2,1-2H3,(H,19,20,22). The molecule has 0 saturated heterocycles. The average molecular weight is 390 g/mol. The molecule has 0 fully saturated rings. The number of rotatable bonds is 6. The molecule has 6 nitrogen and oxygen atoms in total. The molecule has 0 aliphatic rings. The molecule has 1 amide bonds. The van der Waals surface area contributed by atoms with Crippen LogP contribution in [-0.4, -0.2) is 19.3 Å². The number of nitrogens with zero attached hydrogens (tertiary/aromatic N) is 1. The quantitative estimate of drug-likeness (QED) is 0.667. The number of aromatic nitrogens is 1. The number of hydrogen-bond donors (Lipinski definition) is 2. The fourth-order valence-electron chi connectivity index (χ4n) is 2.37. The first-order chi connectivity index (χ1) is 12.4. The molecular weight excluding hydrogens is 370 g/mol. The van der Waals surface area contributed by atoms with Crippen molar-refractivity contribution in [3.05, 3.63) is 48.0 Å². The van der Waals surface area contributed by atoms with Gasteiger partial charge in [-0.3, -0.25) is 9.52 Å². The zero-order chi connectivity index (χ0) is 18.7. The van der Waals surface area contributed by atoms with Crippen LogP contribution in [0.15, 0.2) is 47.4 Å². The number of carbonyl (C=O) groups is 1. The van der Waals surface area contributed by atoms with Gasteiger partial charge < -0.3 is 5.32 Å². The molecule has 0 aliphatic heterocycles. The van der Waals surface area contributed by atoms with Crippen LogP contribution in [0.1, 0.15) is 25.8 Å². The second kappa shape index (κ2) is 7.43. The van der Waals surface area contributed by atoms with E-state index in [9.17, 15) is 13.2 Å². The third-order valence-corrected chi connectivity index (χ3v) is 6.20. The van der Waals surface area contributed by atoms with Crippen molar-refractivity contribution in [3.63, 3.8) is 0 Å². The molecule has 2 N–H and O–H groups in total. The Labute approximate surface area is 156 Å². The Morgan fingerprint density at radius 3 is 2.50 bits per heavy atom. The first-order valence-electron chi connectivity index (χ1n) is 8.23. The number of amides is 1. The van der Waals surface area contributed by atoms with Gasteiger partial charge in [-0.1, -0.05) is 37.3 Å². The van der Waals surface area contributed by atoms with Crippen molar-refractivity contribution in [2.24, 2.45) is 0 Å². The minimum absolute atomic E-state index is 0.111. The first-order valence-corrected chi connectivity index (χ1v) is 10.5. The van der Waals surface area contributed by atoms with E-state index in [0.717, 1.165) is 16.7 Å². The van der Waals surface area contributed by atoms with E-state index in [1.54, 1.807) is 49.4 Å². The van der Waals surface area contributed by atoms with Crippen molar-refractivity contribution in [3.8, 4) is 0 Å². The van der Waals surface area contributed by atoms with Crippen LogP contribution >= 0.6 is 11.3 Å². The third-order valence-electron chi connectivity index (χ3n) is 3.85. The molecule has 26 heavy (non-hydrogen) atoms. The van der Waals surface area contributed by atoms with Gasteiger partial charge in [0.1, 0.15) is 0 Å². The fourth-order valence-corrected chi connectivity index (χ4v) is 4.28. The summed E-state index contributed by atoms with van der Waals surface area (Å²) in [4.78, 5) is 16.0. The Morgan fingerprint density at radius 1 is 1.12 bits per heavy atom. The highest BCUT2D eigenvalue weighted by molar-refractivity contribution is 7.92. The summed E-state index contributed by atoms with van der Waals surface area (Å²) in [6.45, 7) is 3.78. The second-order valence-electron chi connectivity index (χ2n) is 5.71. The highest BCUT2D eigenvalue weighted by atomic mass is 32.2. The van der Waals surface area contributed by atoms with Crippen LogP contribution < -0.4 is 10.0 Å². The summed E-state index contributed by atoms with van der Waals surface area (Å²) in [6, 6.07) is 11.9. The molecule has 1 aromatic heterocycles. The lowest BCUT2D eigenvalue weighted by Gasteiger charge is -2.08. The lowest BCUT2D eigenvalue weighted by molar-refractivity contribution is -0.115. The van der Waals surface area contributed by atoms with Gasteiger partial charge in [0.2, 0.25) is 5.91 Å². The van der Waals surface area contributed by atoms with Crippen LogP contribution in [0.25, 0.3) is 10.2 Å². The van der Waals surface area contributed by atoms with Crippen molar-refractivity contribution >= 4 is 48.3 Å². The minimum Gasteiger partial charge on any atom is -0.302 e. The zero-order valence-corrected chi connectivity index (χ0v) is 16.1. The molecule has 0 aliphatic carbocycles. The Kier molecular flexibility index (Phi) is 5.24. The normalized spacial score (nSPS) is 11.5. The number of anilines is 2. The van der Waals surface area contributed by atoms with Crippen LogP contribution in [0, 0.1) is 0 Å². The van der Waals surface area contributed by atoms with Crippen LogP contribution in [0.3, 0.4) is 0 Å². The van der Waals surface area contributed by atoms with E-state index in [2.05, 4.69) is 15.0 Å². The van der Waals surface area contributed by atoms with Crippen LogP contribution in [-0.2, 0) is 21.2 Å². The maximum absolute atomic E-state index is 12.5. The number of sulfonamides is 1. The largest absolute Gasteiger partial charge is 0.302 e. The zero-order valence-electron chi connectivity index (χ0n) is 14.4. The third kappa shape index (κ3) is 4.03. The number of aryl methyl sites for hydroxylation is 1. The van der Waals surface area contributed by atoms with E-state index >= 15 is 0 Å². The minimum atomic E-state index is -3.67. The molecule has 0 atom stereocenters. The fraction of sp³-hybridized carbons (Fsp3) is 0.222. The van der Waals surface area contributed by atoms with Crippen LogP contribution in [0.5, 0.6) is 0 Å². The number of benzene rings is 2. The van der Waals surface area contributed by atoms with Gasteiger partial charge in [-0.15, -0.1) is 0 Å². The van der Waals surface area contributed by atoms with Crippen molar-refractivity contribution in [2.75, 3.05) is 10.0 Å². The second-order valence-corrected chi connectivity index (χ2v) is 8.42. The van der Waals surface area contributed by atoms with Gasteiger partial charge in [-0.2, -0.15) is 0 Å². The Morgan fingerprint density at radius 2 is 1.85 bits per heavy atom. The Hall–Kier alpha value is -2.45. The van der Waals surface area contributed by atoms with E-state index in [4.69, 9.17) is 0 Å². The SMILES string of the molecule is CCC(=O)Nc1nc2cc(NS(=O)(=O)c3ccc(CC)cc3)ccc2s1. The van der Waals surface area contributed by atoms with E-state index in [1.807, 2.05) is 6.92 Å². The van der Waals surface area contributed by atoms with Crippen molar-refractivity contribution in [1.29, 1.82) is 0 Å². The summed E-state index contributed by atoms with van der Waals surface area (Å²) in [5, 5.41) is 3.22. The lowest BCUT2D eigenvalue weighted by Crippen LogP contribution is -2.12. The van der Waals surface area contributed by atoms with Gasteiger partial charge in [0.05, 0.1) is 20.8 Å². The van der Waals surface area contributed by atoms with Crippen molar-refractivity contribution < 1.29 is 13.2 Å². The molecule has 0 saturated carbocycles. The monoisotopic (exact) mass is 389 g/mol. The number of fused-ring (bicyclic) bond motifs is 1. The highest BCUT2D eigenvalue weighted by Gasteiger charge is 2.15. The van der Waals surface area contributed by atoms with Gasteiger partial charge in [-0.25, -0.2) is 13.4 Å². The molecule has 0 bridgehead atoms. The highest BCUT2D eigenvalue weighted by Crippen LogP contribution is 2.29. The predicted molar refractivity (Wildman–Crippen MR) is 105 cm³/mol. The summed E-state index contributed by atoms with van der Waals surface area (Å²) >= 11 is 1.35. The van der Waals surface area contributed by atoms with E-state index in [0.29, 0.717) is 22.8 Å². The van der Waals surface area contributed by atoms with E-state index in [1.165, 1.54) is 11.3 Å². The van der Waals surface area contributed by atoms with Crippen LogP contribution in [0.4, 0.5) is 10.8 Å².